The molecule has 0 radical (unpaired) electrons. The fourth-order valence-electron chi connectivity index (χ4n) is 4.86. The van der Waals surface area contributed by atoms with Crippen LogP contribution in [0.2, 0.25) is 0 Å². The molecule has 38 heavy (non-hydrogen) atoms. The molecular weight excluding hydrogens is 520 g/mol. The van der Waals surface area contributed by atoms with Crippen LogP contribution in [0.5, 0.6) is 0 Å². The third-order valence-electron chi connectivity index (χ3n) is 7.12. The number of anilines is 1. The first kappa shape index (κ1) is 30.6. The van der Waals surface area contributed by atoms with E-state index in [1.807, 2.05) is 25.9 Å². The Balaban J connectivity index is 1.48. The Morgan fingerprint density at radius 3 is 1.68 bits per heavy atom. The zero-order valence-corrected chi connectivity index (χ0v) is 24.7. The highest BCUT2D eigenvalue weighted by atomic mass is 32.2. The van der Waals surface area contributed by atoms with Crippen molar-refractivity contribution in [2.75, 3.05) is 51.7 Å². The Kier molecular flexibility index (Phi) is 11.6. The SMILES string of the molecule is Cc1ccc(S(=O)(=O)NCCCN(CCCNS(=O)(=O)c2ccc(N(C)C)cc2)CC2CCCCC2)cc1. The number of benzene rings is 2. The Hall–Kier alpha value is -1.98. The van der Waals surface area contributed by atoms with Gasteiger partial charge in [-0.25, -0.2) is 26.3 Å². The maximum absolute atomic E-state index is 12.7. The summed E-state index contributed by atoms with van der Waals surface area (Å²) in [6, 6.07) is 13.7. The fraction of sp³-hybridized carbons (Fsp3) is 0.571. The lowest BCUT2D eigenvalue weighted by Crippen LogP contribution is -2.36. The Morgan fingerprint density at radius 1 is 0.737 bits per heavy atom. The summed E-state index contributed by atoms with van der Waals surface area (Å²) in [5.74, 6) is 0.653. The zero-order chi connectivity index (χ0) is 27.6. The van der Waals surface area contributed by atoms with Crippen LogP contribution in [-0.2, 0) is 20.0 Å². The zero-order valence-electron chi connectivity index (χ0n) is 23.0. The van der Waals surface area contributed by atoms with Crippen molar-refractivity contribution in [3.8, 4) is 0 Å². The topological polar surface area (TPSA) is 98.8 Å². The molecule has 0 atom stereocenters. The maximum atomic E-state index is 12.7. The van der Waals surface area contributed by atoms with Crippen LogP contribution in [0.3, 0.4) is 0 Å². The molecule has 1 fully saturated rings. The molecule has 212 valence electrons. The molecule has 8 nitrogen and oxygen atoms in total. The average Bonchev–Trinajstić information content (AvgIpc) is 2.89. The molecule has 0 saturated heterocycles. The number of nitrogens with zero attached hydrogens (tertiary/aromatic N) is 2. The molecule has 0 bridgehead atoms. The molecule has 0 heterocycles. The van der Waals surface area contributed by atoms with Gasteiger partial charge in [-0.2, -0.15) is 0 Å². The van der Waals surface area contributed by atoms with Gasteiger partial charge in [0.2, 0.25) is 20.0 Å². The van der Waals surface area contributed by atoms with Gasteiger partial charge in [0, 0.05) is 39.4 Å². The van der Waals surface area contributed by atoms with Crippen LogP contribution in [-0.4, -0.2) is 68.6 Å². The first-order chi connectivity index (χ1) is 18.1. The van der Waals surface area contributed by atoms with Crippen LogP contribution in [0.15, 0.2) is 58.3 Å². The van der Waals surface area contributed by atoms with Crippen molar-refractivity contribution in [1.82, 2.24) is 14.3 Å². The third-order valence-corrected chi connectivity index (χ3v) is 10.1. The van der Waals surface area contributed by atoms with Gasteiger partial charge in [-0.1, -0.05) is 37.0 Å². The summed E-state index contributed by atoms with van der Waals surface area (Å²) in [5.41, 5.74) is 1.97. The predicted octanol–water partition coefficient (Wildman–Crippen LogP) is 3.98. The molecule has 0 amide bonds. The highest BCUT2D eigenvalue weighted by Gasteiger charge is 2.19. The first-order valence-corrected chi connectivity index (χ1v) is 16.6. The molecule has 2 aromatic rings. The minimum atomic E-state index is -3.56. The van der Waals surface area contributed by atoms with Gasteiger partial charge in [-0.15, -0.1) is 0 Å². The highest BCUT2D eigenvalue weighted by Crippen LogP contribution is 2.24. The van der Waals surface area contributed by atoms with Crippen molar-refractivity contribution < 1.29 is 16.8 Å². The molecular formula is C28H44N4O4S2. The molecule has 2 aromatic carbocycles. The lowest BCUT2D eigenvalue weighted by atomic mass is 9.89. The van der Waals surface area contributed by atoms with Gasteiger partial charge in [-0.05, 0) is 88.0 Å². The first-order valence-electron chi connectivity index (χ1n) is 13.6. The monoisotopic (exact) mass is 564 g/mol. The molecule has 0 unspecified atom stereocenters. The van der Waals surface area contributed by atoms with Crippen molar-refractivity contribution in [1.29, 1.82) is 0 Å². The highest BCUT2D eigenvalue weighted by molar-refractivity contribution is 7.89. The molecule has 1 aliphatic carbocycles. The maximum Gasteiger partial charge on any atom is 0.240 e. The Morgan fingerprint density at radius 2 is 1.21 bits per heavy atom. The van der Waals surface area contributed by atoms with Gasteiger partial charge in [0.1, 0.15) is 0 Å². The van der Waals surface area contributed by atoms with E-state index in [0.29, 0.717) is 31.8 Å². The Labute approximate surface area is 229 Å². The van der Waals surface area contributed by atoms with E-state index in [4.69, 9.17) is 0 Å². The summed E-state index contributed by atoms with van der Waals surface area (Å²) in [4.78, 5) is 4.85. The summed E-state index contributed by atoms with van der Waals surface area (Å²) in [7, 11) is -3.25. The van der Waals surface area contributed by atoms with Gasteiger partial charge in [0.15, 0.2) is 0 Å². The van der Waals surface area contributed by atoms with Crippen LogP contribution in [0.25, 0.3) is 0 Å². The molecule has 0 aliphatic heterocycles. The summed E-state index contributed by atoms with van der Waals surface area (Å²) < 4.78 is 56.1. The number of hydrogen-bond acceptors (Lipinski definition) is 6. The van der Waals surface area contributed by atoms with Crippen molar-refractivity contribution in [2.45, 2.75) is 61.7 Å². The van der Waals surface area contributed by atoms with Crippen LogP contribution < -0.4 is 14.3 Å². The van der Waals surface area contributed by atoms with Crippen LogP contribution >= 0.6 is 0 Å². The number of aryl methyl sites for hydroxylation is 1. The standard InChI is InChI=1S/C28H44N4O4S2/c1-24-11-15-27(16-12-24)37(33,34)29-19-7-21-32(23-25-9-5-4-6-10-25)22-8-20-30-38(35,36)28-17-13-26(14-18-28)31(2)3/h11-18,25,29-30H,4-10,19-23H2,1-3H3. The van der Waals surface area contributed by atoms with Gasteiger partial charge in [0.05, 0.1) is 9.79 Å². The fourth-order valence-corrected chi connectivity index (χ4v) is 7.00. The lowest BCUT2D eigenvalue weighted by molar-refractivity contribution is 0.197. The van der Waals surface area contributed by atoms with Crippen molar-refractivity contribution in [2.24, 2.45) is 5.92 Å². The molecule has 0 aromatic heterocycles. The van der Waals surface area contributed by atoms with E-state index < -0.39 is 20.0 Å². The van der Waals surface area contributed by atoms with Gasteiger partial charge in [0.25, 0.3) is 0 Å². The Bertz CT molecular complexity index is 1190. The largest absolute Gasteiger partial charge is 0.378 e. The quantitative estimate of drug-likeness (QED) is 0.318. The van der Waals surface area contributed by atoms with Gasteiger partial charge in [-0.3, -0.25) is 0 Å². The smallest absolute Gasteiger partial charge is 0.240 e. The summed E-state index contributed by atoms with van der Waals surface area (Å²) in [6.45, 7) is 5.17. The van der Waals surface area contributed by atoms with E-state index in [1.54, 1.807) is 48.5 Å². The number of hydrogen-bond donors (Lipinski definition) is 2. The van der Waals surface area contributed by atoms with Crippen LogP contribution in [0, 0.1) is 12.8 Å². The van der Waals surface area contributed by atoms with E-state index in [1.165, 1.54) is 32.1 Å². The second kappa shape index (κ2) is 14.4. The molecule has 1 aliphatic rings. The minimum absolute atomic E-state index is 0.267. The van der Waals surface area contributed by atoms with Crippen molar-refractivity contribution >= 4 is 25.7 Å². The lowest BCUT2D eigenvalue weighted by Gasteiger charge is -2.30. The van der Waals surface area contributed by atoms with Crippen molar-refractivity contribution in [3.63, 3.8) is 0 Å². The van der Waals surface area contributed by atoms with E-state index in [9.17, 15) is 16.8 Å². The molecule has 1 saturated carbocycles. The predicted molar refractivity (Wildman–Crippen MR) is 155 cm³/mol. The number of sulfonamides is 2. The van der Waals surface area contributed by atoms with Gasteiger partial charge < -0.3 is 9.80 Å². The molecule has 0 spiro atoms. The molecule has 10 heteroatoms. The van der Waals surface area contributed by atoms with E-state index >= 15 is 0 Å². The number of rotatable bonds is 15. The molecule has 2 N–H and O–H groups in total. The van der Waals surface area contributed by atoms with E-state index in [-0.39, 0.29) is 9.79 Å². The average molecular weight is 565 g/mol. The van der Waals surface area contributed by atoms with E-state index in [0.717, 1.165) is 30.9 Å². The third kappa shape index (κ3) is 9.64. The van der Waals surface area contributed by atoms with Gasteiger partial charge >= 0.3 is 0 Å². The normalized spacial score (nSPS) is 15.2. The summed E-state index contributed by atoms with van der Waals surface area (Å²) >= 11 is 0. The number of nitrogens with one attached hydrogen (secondary N) is 2. The van der Waals surface area contributed by atoms with Crippen LogP contribution in [0.4, 0.5) is 5.69 Å². The summed E-state index contributed by atoms with van der Waals surface area (Å²) in [5, 5.41) is 0. The van der Waals surface area contributed by atoms with Crippen molar-refractivity contribution in [3.05, 3.63) is 54.1 Å². The minimum Gasteiger partial charge on any atom is -0.378 e. The molecule has 3 rings (SSSR count). The van der Waals surface area contributed by atoms with Crippen LogP contribution in [0.1, 0.15) is 50.5 Å². The summed E-state index contributed by atoms with van der Waals surface area (Å²) in [6.07, 6.45) is 7.67. The second-order valence-electron chi connectivity index (χ2n) is 10.5. The van der Waals surface area contributed by atoms with E-state index in [2.05, 4.69) is 14.3 Å². The second-order valence-corrected chi connectivity index (χ2v) is 14.0.